The van der Waals surface area contributed by atoms with E-state index in [9.17, 15) is 9.50 Å². The summed E-state index contributed by atoms with van der Waals surface area (Å²) < 4.78 is 14.8. The maximum absolute atomic E-state index is 14.6. The number of aliphatic hydroxyl groups is 1. The first-order valence-electron chi connectivity index (χ1n) is 6.72. The summed E-state index contributed by atoms with van der Waals surface area (Å²) in [6.07, 6.45) is 3.43. The van der Waals surface area contributed by atoms with Crippen molar-refractivity contribution in [3.05, 3.63) is 33.5 Å². The van der Waals surface area contributed by atoms with E-state index in [1.807, 2.05) is 6.26 Å². The van der Waals surface area contributed by atoms with Crippen LogP contribution in [-0.2, 0) is 0 Å². The molecule has 1 atom stereocenters. The summed E-state index contributed by atoms with van der Waals surface area (Å²) in [5, 5.41) is 10.8. The van der Waals surface area contributed by atoms with Gasteiger partial charge in [0, 0.05) is 7.05 Å². The second kappa shape index (κ2) is 7.34. The maximum Gasteiger partial charge on any atom is 0.189 e. The van der Waals surface area contributed by atoms with E-state index in [1.165, 1.54) is 11.8 Å². The Balaban J connectivity index is 2.90. The lowest BCUT2D eigenvalue weighted by Gasteiger charge is -2.27. The number of aromatic nitrogens is 2. The highest BCUT2D eigenvalue weighted by molar-refractivity contribution is 9.10. The molecule has 0 aliphatic heterocycles. The number of halogens is 3. The molecule has 0 bridgehead atoms. The maximum atomic E-state index is 14.6. The standard InChI is InChI=1S/C15H16BrClFN3OS/c1-5-8(6-22)21(3)14-9-7(2)11(17)10(16)12(18)13(9)19-15(20-14)23-4/h5,8,22H,1,6H2,2-4H3. The van der Waals surface area contributed by atoms with Gasteiger partial charge in [-0.3, -0.25) is 0 Å². The Bertz CT molecular complexity index is 774. The van der Waals surface area contributed by atoms with Gasteiger partial charge in [0.15, 0.2) is 11.0 Å². The van der Waals surface area contributed by atoms with E-state index < -0.39 is 5.82 Å². The lowest BCUT2D eigenvalue weighted by Crippen LogP contribution is -2.34. The zero-order chi connectivity index (χ0) is 17.3. The van der Waals surface area contributed by atoms with Gasteiger partial charge in [-0.05, 0) is 34.7 Å². The van der Waals surface area contributed by atoms with Gasteiger partial charge in [0.2, 0.25) is 0 Å². The van der Waals surface area contributed by atoms with Gasteiger partial charge in [0.25, 0.3) is 0 Å². The number of aliphatic hydroxyl groups excluding tert-OH is 1. The molecule has 0 aliphatic rings. The van der Waals surface area contributed by atoms with Crippen LogP contribution in [0.25, 0.3) is 10.9 Å². The molecule has 1 aromatic heterocycles. The summed E-state index contributed by atoms with van der Waals surface area (Å²) in [7, 11) is 1.77. The molecule has 0 radical (unpaired) electrons. The molecule has 2 rings (SSSR count). The Morgan fingerprint density at radius 1 is 1.52 bits per heavy atom. The van der Waals surface area contributed by atoms with Crippen LogP contribution in [0.4, 0.5) is 10.2 Å². The van der Waals surface area contributed by atoms with Crippen molar-refractivity contribution in [1.29, 1.82) is 0 Å². The van der Waals surface area contributed by atoms with Crippen molar-refractivity contribution < 1.29 is 9.50 Å². The van der Waals surface area contributed by atoms with Gasteiger partial charge in [-0.25, -0.2) is 14.4 Å². The minimum absolute atomic E-state index is 0.133. The fourth-order valence-corrected chi connectivity index (χ4v) is 3.29. The molecule has 8 heteroatoms. The lowest BCUT2D eigenvalue weighted by atomic mass is 10.1. The summed E-state index contributed by atoms with van der Waals surface area (Å²) >= 11 is 10.7. The fourth-order valence-electron chi connectivity index (χ4n) is 2.27. The zero-order valence-electron chi connectivity index (χ0n) is 12.9. The smallest absolute Gasteiger partial charge is 0.189 e. The number of hydrogen-bond acceptors (Lipinski definition) is 5. The molecule has 2 aromatic rings. The van der Waals surface area contributed by atoms with Crippen molar-refractivity contribution in [2.45, 2.75) is 18.1 Å². The summed E-state index contributed by atoms with van der Waals surface area (Å²) in [5.74, 6) is -0.0220. The van der Waals surface area contributed by atoms with Crippen LogP contribution in [0.3, 0.4) is 0 Å². The third kappa shape index (κ3) is 3.20. The average molecular weight is 421 g/mol. The molecular weight excluding hydrogens is 405 g/mol. The monoisotopic (exact) mass is 419 g/mol. The van der Waals surface area contributed by atoms with E-state index in [1.54, 1.807) is 24.9 Å². The van der Waals surface area contributed by atoms with E-state index in [2.05, 4.69) is 32.5 Å². The predicted octanol–water partition coefficient (Wildman–Crippen LogP) is 4.20. The number of aryl methyl sites for hydroxylation is 1. The van der Waals surface area contributed by atoms with Crippen molar-refractivity contribution in [3.63, 3.8) is 0 Å². The first-order chi connectivity index (χ1) is 10.9. The predicted molar refractivity (Wildman–Crippen MR) is 98.2 cm³/mol. The van der Waals surface area contributed by atoms with Gasteiger partial charge < -0.3 is 10.0 Å². The van der Waals surface area contributed by atoms with Crippen molar-refractivity contribution in [2.75, 3.05) is 24.8 Å². The van der Waals surface area contributed by atoms with Crippen LogP contribution in [0.5, 0.6) is 0 Å². The summed E-state index contributed by atoms with van der Waals surface area (Å²) in [6.45, 7) is 5.37. The summed E-state index contributed by atoms with van der Waals surface area (Å²) in [5.41, 5.74) is 0.867. The molecule has 23 heavy (non-hydrogen) atoms. The number of benzene rings is 1. The Labute approximate surface area is 151 Å². The first kappa shape index (κ1) is 18.4. The van der Waals surface area contributed by atoms with Gasteiger partial charge in [-0.1, -0.05) is 29.4 Å². The molecule has 1 unspecified atom stereocenters. The topological polar surface area (TPSA) is 49.2 Å². The van der Waals surface area contributed by atoms with E-state index in [-0.39, 0.29) is 27.7 Å². The molecule has 0 spiro atoms. The largest absolute Gasteiger partial charge is 0.394 e. The number of rotatable bonds is 5. The average Bonchev–Trinajstić information content (AvgIpc) is 2.57. The zero-order valence-corrected chi connectivity index (χ0v) is 16.1. The Kier molecular flexibility index (Phi) is 5.89. The molecular formula is C15H16BrClFN3OS. The number of fused-ring (bicyclic) bond motifs is 1. The molecule has 0 saturated carbocycles. The molecule has 0 fully saturated rings. The van der Waals surface area contributed by atoms with Crippen LogP contribution in [0, 0.1) is 12.7 Å². The van der Waals surface area contributed by atoms with Gasteiger partial charge in [-0.2, -0.15) is 0 Å². The van der Waals surface area contributed by atoms with Gasteiger partial charge in [0.1, 0.15) is 11.3 Å². The minimum Gasteiger partial charge on any atom is -0.394 e. The highest BCUT2D eigenvalue weighted by Crippen LogP contribution is 2.39. The highest BCUT2D eigenvalue weighted by Gasteiger charge is 2.23. The molecule has 0 saturated heterocycles. The van der Waals surface area contributed by atoms with Gasteiger partial charge in [-0.15, -0.1) is 6.58 Å². The normalized spacial score (nSPS) is 12.5. The molecule has 0 aliphatic carbocycles. The number of nitrogens with zero attached hydrogens (tertiary/aromatic N) is 3. The van der Waals surface area contributed by atoms with Crippen LogP contribution in [-0.4, -0.2) is 41.0 Å². The minimum atomic E-state index is -0.526. The van der Waals surface area contributed by atoms with E-state index in [4.69, 9.17) is 11.6 Å². The number of hydrogen-bond donors (Lipinski definition) is 1. The Morgan fingerprint density at radius 2 is 2.17 bits per heavy atom. The first-order valence-corrected chi connectivity index (χ1v) is 9.11. The van der Waals surface area contributed by atoms with Crippen molar-refractivity contribution >= 4 is 56.0 Å². The van der Waals surface area contributed by atoms with Crippen molar-refractivity contribution in [3.8, 4) is 0 Å². The van der Waals surface area contributed by atoms with Crippen LogP contribution in [0.15, 0.2) is 22.3 Å². The molecule has 1 heterocycles. The van der Waals surface area contributed by atoms with Crippen LogP contribution < -0.4 is 4.90 Å². The van der Waals surface area contributed by atoms with Crippen LogP contribution >= 0.6 is 39.3 Å². The SMILES string of the molecule is C=CC(CO)N(C)c1nc(SC)nc2c(F)c(Br)c(Cl)c(C)c12. The van der Waals surface area contributed by atoms with Crippen molar-refractivity contribution in [2.24, 2.45) is 0 Å². The third-order valence-corrected chi connectivity index (χ3v) is 5.63. The number of anilines is 1. The van der Waals surface area contributed by atoms with Crippen LogP contribution in [0.1, 0.15) is 5.56 Å². The second-order valence-corrected chi connectivity index (χ2v) is 6.87. The van der Waals surface area contributed by atoms with E-state index in [0.29, 0.717) is 21.9 Å². The summed E-state index contributed by atoms with van der Waals surface area (Å²) in [4.78, 5) is 10.5. The fraction of sp³-hybridized carbons (Fsp3) is 0.333. The quantitative estimate of drug-likeness (QED) is 0.340. The van der Waals surface area contributed by atoms with Crippen molar-refractivity contribution in [1.82, 2.24) is 9.97 Å². The summed E-state index contributed by atoms with van der Waals surface area (Å²) in [6, 6.07) is -0.354. The third-order valence-electron chi connectivity index (χ3n) is 3.64. The molecule has 0 amide bonds. The molecule has 1 N–H and O–H groups in total. The molecule has 4 nitrogen and oxygen atoms in total. The van der Waals surface area contributed by atoms with E-state index >= 15 is 0 Å². The van der Waals surface area contributed by atoms with Crippen LogP contribution in [0.2, 0.25) is 5.02 Å². The Morgan fingerprint density at radius 3 is 2.70 bits per heavy atom. The molecule has 1 aromatic carbocycles. The lowest BCUT2D eigenvalue weighted by molar-refractivity contribution is 0.280. The second-order valence-electron chi connectivity index (χ2n) is 4.92. The van der Waals surface area contributed by atoms with Gasteiger partial charge in [0.05, 0.1) is 27.5 Å². The number of likely N-dealkylation sites (N-methyl/N-ethyl adjacent to an activating group) is 1. The molecule has 124 valence electrons. The Hall–Kier alpha value is -0.890. The van der Waals surface area contributed by atoms with Gasteiger partial charge >= 0.3 is 0 Å². The highest BCUT2D eigenvalue weighted by atomic mass is 79.9. The number of thioether (sulfide) groups is 1. The van der Waals surface area contributed by atoms with E-state index in [0.717, 1.165) is 0 Å².